The van der Waals surface area contributed by atoms with Gasteiger partial charge >= 0.3 is 0 Å². The van der Waals surface area contributed by atoms with Gasteiger partial charge in [-0.25, -0.2) is 0 Å². The average Bonchev–Trinajstić information content (AvgIpc) is 3.24. The molecule has 1 aliphatic carbocycles. The molecule has 6 nitrogen and oxygen atoms in total. The van der Waals surface area contributed by atoms with Gasteiger partial charge in [0.25, 0.3) is 5.91 Å². The number of ether oxygens (including phenoxy) is 1. The van der Waals surface area contributed by atoms with Crippen LogP contribution in [0.15, 0.2) is 12.3 Å². The molecule has 0 N–H and O–H groups in total. The molecule has 0 aromatic carbocycles. The van der Waals surface area contributed by atoms with E-state index in [-0.39, 0.29) is 17.2 Å². The Kier molecular flexibility index (Phi) is 2.97. The highest BCUT2D eigenvalue weighted by Gasteiger charge is 2.54. The molecule has 1 saturated heterocycles. The predicted molar refractivity (Wildman–Crippen MR) is 79.9 cm³/mol. The zero-order valence-corrected chi connectivity index (χ0v) is 12.7. The maximum Gasteiger partial charge on any atom is 0.255 e. The minimum Gasteiger partial charge on any atom is -0.378 e. The Morgan fingerprint density at radius 2 is 2.00 bits per heavy atom. The van der Waals surface area contributed by atoms with Crippen molar-refractivity contribution in [3.05, 3.63) is 23.5 Å². The van der Waals surface area contributed by atoms with Crippen molar-refractivity contribution in [1.82, 2.24) is 9.88 Å². The summed E-state index contributed by atoms with van der Waals surface area (Å²) in [6.07, 6.45) is 3.82. The summed E-state index contributed by atoms with van der Waals surface area (Å²) in [5, 5.41) is 0. The van der Waals surface area contributed by atoms with Crippen LogP contribution in [-0.2, 0) is 14.9 Å². The Balaban J connectivity index is 1.67. The van der Waals surface area contributed by atoms with Crippen LogP contribution in [0.5, 0.6) is 0 Å². The van der Waals surface area contributed by atoms with E-state index < -0.39 is 0 Å². The fourth-order valence-corrected chi connectivity index (χ4v) is 3.42. The molecule has 22 heavy (non-hydrogen) atoms. The second-order valence-electron chi connectivity index (χ2n) is 6.38. The lowest BCUT2D eigenvalue weighted by Gasteiger charge is -2.27. The van der Waals surface area contributed by atoms with Gasteiger partial charge in [-0.3, -0.25) is 14.6 Å². The van der Waals surface area contributed by atoms with Crippen molar-refractivity contribution in [1.29, 1.82) is 0 Å². The third kappa shape index (κ3) is 2.01. The van der Waals surface area contributed by atoms with Crippen molar-refractivity contribution in [3.8, 4) is 0 Å². The van der Waals surface area contributed by atoms with Gasteiger partial charge in [-0.05, 0) is 18.9 Å². The smallest absolute Gasteiger partial charge is 0.255 e. The number of fused-ring (bicyclic) bond motifs is 2. The highest BCUT2D eigenvalue weighted by Crippen LogP contribution is 2.55. The number of hydrogen-bond acceptors (Lipinski definition) is 4. The van der Waals surface area contributed by atoms with Crippen molar-refractivity contribution >= 4 is 17.5 Å². The second-order valence-corrected chi connectivity index (χ2v) is 6.38. The normalized spacial score (nSPS) is 21.9. The average molecular weight is 301 g/mol. The third-order valence-corrected chi connectivity index (χ3v) is 4.90. The van der Waals surface area contributed by atoms with Gasteiger partial charge in [0, 0.05) is 38.2 Å². The molecule has 2 fully saturated rings. The molecule has 1 saturated carbocycles. The summed E-state index contributed by atoms with van der Waals surface area (Å²) in [6, 6.07) is 1.84. The maximum atomic E-state index is 12.6. The van der Waals surface area contributed by atoms with Gasteiger partial charge in [0.2, 0.25) is 5.91 Å². The van der Waals surface area contributed by atoms with Gasteiger partial charge in [-0.2, -0.15) is 0 Å². The molecule has 0 atom stereocenters. The van der Waals surface area contributed by atoms with Crippen molar-refractivity contribution in [2.24, 2.45) is 0 Å². The molecule has 0 unspecified atom stereocenters. The Morgan fingerprint density at radius 1 is 1.27 bits per heavy atom. The minimum absolute atomic E-state index is 0.0165. The van der Waals surface area contributed by atoms with E-state index in [0.717, 1.165) is 24.2 Å². The van der Waals surface area contributed by atoms with Crippen LogP contribution in [0.1, 0.15) is 35.8 Å². The highest BCUT2D eigenvalue weighted by molar-refractivity contribution is 5.99. The summed E-state index contributed by atoms with van der Waals surface area (Å²) in [5.41, 5.74) is 2.43. The first-order valence-corrected chi connectivity index (χ1v) is 7.76. The number of anilines is 1. The molecule has 3 aliphatic rings. The Hall–Kier alpha value is -1.95. The predicted octanol–water partition coefficient (Wildman–Crippen LogP) is 0.952. The fraction of sp³-hybridized carbons (Fsp3) is 0.562. The summed E-state index contributed by atoms with van der Waals surface area (Å²) >= 11 is 0. The van der Waals surface area contributed by atoms with Crippen molar-refractivity contribution < 1.29 is 14.3 Å². The summed E-state index contributed by atoms with van der Waals surface area (Å²) in [5.74, 6) is -0.0124. The molecule has 1 spiro atoms. The first-order valence-electron chi connectivity index (χ1n) is 7.76. The van der Waals surface area contributed by atoms with Crippen LogP contribution in [0.2, 0.25) is 0 Å². The zero-order chi connectivity index (χ0) is 15.3. The lowest BCUT2D eigenvalue weighted by Crippen LogP contribution is -2.40. The monoisotopic (exact) mass is 301 g/mol. The number of carbonyl (C=O) groups is 2. The quantitative estimate of drug-likeness (QED) is 0.775. The van der Waals surface area contributed by atoms with Gasteiger partial charge in [-0.1, -0.05) is 0 Å². The zero-order valence-electron chi connectivity index (χ0n) is 12.7. The molecule has 1 aromatic rings. The molecule has 116 valence electrons. The van der Waals surface area contributed by atoms with Crippen LogP contribution in [0.25, 0.3) is 0 Å². The van der Waals surface area contributed by atoms with E-state index in [2.05, 4.69) is 4.98 Å². The largest absolute Gasteiger partial charge is 0.378 e. The second kappa shape index (κ2) is 4.78. The van der Waals surface area contributed by atoms with Crippen molar-refractivity contribution in [2.45, 2.75) is 25.2 Å². The standard InChI is InChI=1S/C16H19N3O3/c1-11(20)19-10-16(2-3-16)14-13(19)8-12(9-17-14)15(21)18-4-6-22-7-5-18/h8-9H,2-7,10H2,1H3. The topological polar surface area (TPSA) is 62.7 Å². The number of hydrogen-bond donors (Lipinski definition) is 0. The SMILES string of the molecule is CC(=O)N1CC2(CC2)c2ncc(C(=O)N3CCOCC3)cc21. The molecular formula is C16H19N3O3. The number of nitrogens with zero attached hydrogens (tertiary/aromatic N) is 3. The van der Waals surface area contributed by atoms with Crippen LogP contribution in [0.4, 0.5) is 5.69 Å². The van der Waals surface area contributed by atoms with Gasteiger partial charge in [-0.15, -0.1) is 0 Å². The van der Waals surface area contributed by atoms with Crippen molar-refractivity contribution in [3.63, 3.8) is 0 Å². The van der Waals surface area contributed by atoms with Crippen LogP contribution >= 0.6 is 0 Å². The number of rotatable bonds is 1. The Labute approximate surface area is 129 Å². The first kappa shape index (κ1) is 13.7. The van der Waals surface area contributed by atoms with E-state index >= 15 is 0 Å². The van der Waals surface area contributed by atoms with E-state index in [1.165, 1.54) is 0 Å². The number of amides is 2. The number of pyridine rings is 1. The van der Waals surface area contributed by atoms with Gasteiger partial charge in [0.15, 0.2) is 0 Å². The molecule has 3 heterocycles. The maximum absolute atomic E-state index is 12.6. The summed E-state index contributed by atoms with van der Waals surface area (Å²) < 4.78 is 5.28. The highest BCUT2D eigenvalue weighted by atomic mass is 16.5. The van der Waals surface area contributed by atoms with Gasteiger partial charge in [0.1, 0.15) is 0 Å². The molecule has 0 radical (unpaired) electrons. The molecule has 6 heteroatoms. The Morgan fingerprint density at radius 3 is 2.64 bits per heavy atom. The summed E-state index contributed by atoms with van der Waals surface area (Å²) in [6.45, 7) is 4.65. The van der Waals surface area contributed by atoms with Crippen LogP contribution in [0, 0.1) is 0 Å². The minimum atomic E-state index is -0.0288. The summed E-state index contributed by atoms with van der Waals surface area (Å²) in [4.78, 5) is 32.6. The summed E-state index contributed by atoms with van der Waals surface area (Å²) in [7, 11) is 0. The fourth-order valence-electron chi connectivity index (χ4n) is 3.42. The van der Waals surface area contributed by atoms with Crippen molar-refractivity contribution in [2.75, 3.05) is 37.7 Å². The molecule has 0 bridgehead atoms. The first-order chi connectivity index (χ1) is 10.6. The van der Waals surface area contributed by atoms with Gasteiger partial charge < -0.3 is 14.5 Å². The third-order valence-electron chi connectivity index (χ3n) is 4.90. The Bertz CT molecular complexity index is 648. The van der Waals surface area contributed by atoms with E-state index in [1.807, 2.05) is 6.07 Å². The van der Waals surface area contributed by atoms with Crippen LogP contribution in [-0.4, -0.2) is 54.5 Å². The van der Waals surface area contributed by atoms with Crippen LogP contribution < -0.4 is 4.90 Å². The molecular weight excluding hydrogens is 282 g/mol. The molecule has 2 aliphatic heterocycles. The van der Waals surface area contributed by atoms with Gasteiger partial charge in [0.05, 0.1) is 30.2 Å². The molecule has 1 aromatic heterocycles. The van der Waals surface area contributed by atoms with E-state index in [1.54, 1.807) is 22.9 Å². The number of aromatic nitrogens is 1. The molecule has 2 amide bonds. The lowest BCUT2D eigenvalue weighted by molar-refractivity contribution is -0.116. The van der Waals surface area contributed by atoms with E-state index in [0.29, 0.717) is 38.4 Å². The van der Waals surface area contributed by atoms with Crippen LogP contribution in [0.3, 0.4) is 0 Å². The number of morpholine rings is 1. The number of carbonyl (C=O) groups excluding carboxylic acids is 2. The van der Waals surface area contributed by atoms with E-state index in [9.17, 15) is 9.59 Å². The van der Waals surface area contributed by atoms with E-state index in [4.69, 9.17) is 4.74 Å². The molecule has 4 rings (SSSR count). The lowest BCUT2D eigenvalue weighted by atomic mass is 10.0.